The Bertz CT molecular complexity index is 510. The van der Waals surface area contributed by atoms with E-state index in [-0.39, 0.29) is 17.9 Å². The van der Waals surface area contributed by atoms with Crippen molar-refractivity contribution >= 4 is 23.2 Å². The molecule has 1 aromatic carbocycles. The van der Waals surface area contributed by atoms with Crippen molar-refractivity contribution < 1.29 is 19.1 Å². The van der Waals surface area contributed by atoms with E-state index in [0.29, 0.717) is 23.7 Å². The summed E-state index contributed by atoms with van der Waals surface area (Å²) in [5, 5.41) is 5.44. The normalized spacial score (nSPS) is 17.6. The molecule has 6 nitrogen and oxygen atoms in total. The van der Waals surface area contributed by atoms with E-state index in [2.05, 4.69) is 10.6 Å². The molecule has 1 aliphatic heterocycles. The number of amides is 2. The lowest BCUT2D eigenvalue weighted by atomic mass is 10.2. The highest BCUT2D eigenvalue weighted by atomic mass is 16.5. The third kappa shape index (κ3) is 3.48. The summed E-state index contributed by atoms with van der Waals surface area (Å²) in [5.74, 6) is 0.169. The average Bonchev–Trinajstić information content (AvgIpc) is 2.92. The molecule has 20 heavy (non-hydrogen) atoms. The molecule has 0 bridgehead atoms. The number of nitrogens with one attached hydrogen (secondary N) is 2. The second kappa shape index (κ2) is 6.38. The summed E-state index contributed by atoms with van der Waals surface area (Å²) < 4.78 is 10.5. The van der Waals surface area contributed by atoms with Crippen LogP contribution < -0.4 is 15.4 Å². The highest BCUT2D eigenvalue weighted by Crippen LogP contribution is 2.28. The number of anilines is 2. The van der Waals surface area contributed by atoms with Gasteiger partial charge >= 0.3 is 0 Å². The van der Waals surface area contributed by atoms with Gasteiger partial charge in [0.05, 0.1) is 12.8 Å². The number of ether oxygens (including phenoxy) is 2. The van der Waals surface area contributed by atoms with Crippen LogP contribution in [0, 0.1) is 0 Å². The molecule has 1 aromatic rings. The predicted molar refractivity (Wildman–Crippen MR) is 74.9 cm³/mol. The zero-order chi connectivity index (χ0) is 14.5. The summed E-state index contributed by atoms with van der Waals surface area (Å²) >= 11 is 0. The van der Waals surface area contributed by atoms with Gasteiger partial charge in [-0.25, -0.2) is 0 Å². The van der Waals surface area contributed by atoms with Crippen LogP contribution in [0.25, 0.3) is 0 Å². The molecule has 108 valence electrons. The quantitative estimate of drug-likeness (QED) is 0.880. The Morgan fingerprint density at radius 1 is 1.35 bits per heavy atom. The van der Waals surface area contributed by atoms with Crippen LogP contribution in [-0.2, 0) is 14.3 Å². The Morgan fingerprint density at radius 3 is 2.75 bits per heavy atom. The second-order valence-corrected chi connectivity index (χ2v) is 4.59. The Kier molecular flexibility index (Phi) is 4.57. The SMILES string of the molecule is COc1ccc(NC(=O)[C@@H]2CCCO2)cc1NC(C)=O. The minimum atomic E-state index is -0.388. The Labute approximate surface area is 117 Å². The standard InChI is InChI=1S/C14H18N2O4/c1-9(17)15-11-8-10(5-6-12(11)19-2)16-14(18)13-4-3-7-20-13/h5-6,8,13H,3-4,7H2,1-2H3,(H,15,17)(H,16,18)/t13-/m0/s1. The molecule has 6 heteroatoms. The van der Waals surface area contributed by atoms with Crippen molar-refractivity contribution in [2.24, 2.45) is 0 Å². The first-order chi connectivity index (χ1) is 9.60. The Morgan fingerprint density at radius 2 is 2.15 bits per heavy atom. The predicted octanol–water partition coefficient (Wildman–Crippen LogP) is 1.77. The maximum Gasteiger partial charge on any atom is 0.253 e. The lowest BCUT2D eigenvalue weighted by Gasteiger charge is -2.13. The van der Waals surface area contributed by atoms with Gasteiger partial charge < -0.3 is 20.1 Å². The molecule has 1 aliphatic rings. The van der Waals surface area contributed by atoms with Gasteiger partial charge in [0.15, 0.2) is 0 Å². The number of carbonyl (C=O) groups excluding carboxylic acids is 2. The van der Waals surface area contributed by atoms with Crippen molar-refractivity contribution in [3.63, 3.8) is 0 Å². The van der Waals surface area contributed by atoms with Gasteiger partial charge in [-0.15, -0.1) is 0 Å². The monoisotopic (exact) mass is 278 g/mol. The third-order valence-corrected chi connectivity index (χ3v) is 3.00. The largest absolute Gasteiger partial charge is 0.495 e. The molecule has 2 amide bonds. The minimum Gasteiger partial charge on any atom is -0.495 e. The van der Waals surface area contributed by atoms with Crippen LogP contribution in [0.15, 0.2) is 18.2 Å². The molecule has 0 aromatic heterocycles. The van der Waals surface area contributed by atoms with E-state index in [1.54, 1.807) is 18.2 Å². The fraction of sp³-hybridized carbons (Fsp3) is 0.429. The van der Waals surface area contributed by atoms with Crippen LogP contribution in [0.5, 0.6) is 5.75 Å². The fourth-order valence-corrected chi connectivity index (χ4v) is 2.08. The topological polar surface area (TPSA) is 76.7 Å². The van der Waals surface area contributed by atoms with Crippen molar-refractivity contribution in [1.29, 1.82) is 0 Å². The summed E-state index contributed by atoms with van der Waals surface area (Å²) in [5.41, 5.74) is 1.11. The van der Waals surface area contributed by atoms with Gasteiger partial charge in [-0.2, -0.15) is 0 Å². The van der Waals surface area contributed by atoms with Crippen LogP contribution in [0.3, 0.4) is 0 Å². The average molecular weight is 278 g/mol. The molecular formula is C14H18N2O4. The molecule has 1 saturated heterocycles. The molecule has 0 radical (unpaired) electrons. The van der Waals surface area contributed by atoms with Gasteiger partial charge in [0.25, 0.3) is 5.91 Å². The first-order valence-corrected chi connectivity index (χ1v) is 6.48. The lowest BCUT2D eigenvalue weighted by Crippen LogP contribution is -2.26. The molecule has 2 N–H and O–H groups in total. The number of benzene rings is 1. The smallest absolute Gasteiger partial charge is 0.253 e. The van der Waals surface area contributed by atoms with Crippen molar-refractivity contribution in [3.8, 4) is 5.75 Å². The summed E-state index contributed by atoms with van der Waals surface area (Å²) in [6, 6.07) is 5.07. The van der Waals surface area contributed by atoms with Gasteiger partial charge in [-0.1, -0.05) is 0 Å². The van der Waals surface area contributed by atoms with Crippen LogP contribution in [0.2, 0.25) is 0 Å². The van der Waals surface area contributed by atoms with Crippen molar-refractivity contribution in [3.05, 3.63) is 18.2 Å². The van der Waals surface area contributed by atoms with Gasteiger partial charge in [0, 0.05) is 19.2 Å². The summed E-state index contributed by atoms with van der Waals surface area (Å²) in [4.78, 5) is 23.1. The molecular weight excluding hydrogens is 260 g/mol. The number of methoxy groups -OCH3 is 1. The highest BCUT2D eigenvalue weighted by Gasteiger charge is 2.23. The van der Waals surface area contributed by atoms with Crippen LogP contribution in [0.4, 0.5) is 11.4 Å². The van der Waals surface area contributed by atoms with E-state index >= 15 is 0 Å². The van der Waals surface area contributed by atoms with Crippen LogP contribution >= 0.6 is 0 Å². The third-order valence-electron chi connectivity index (χ3n) is 3.00. The van der Waals surface area contributed by atoms with Gasteiger partial charge in [-0.3, -0.25) is 9.59 Å². The molecule has 0 aliphatic carbocycles. The number of rotatable bonds is 4. The van der Waals surface area contributed by atoms with E-state index in [0.717, 1.165) is 12.8 Å². The maximum absolute atomic E-state index is 11.9. The molecule has 1 atom stereocenters. The van der Waals surface area contributed by atoms with Gasteiger partial charge in [0.1, 0.15) is 11.9 Å². The number of hydrogen-bond donors (Lipinski definition) is 2. The highest BCUT2D eigenvalue weighted by molar-refractivity contribution is 5.96. The summed E-state index contributed by atoms with van der Waals surface area (Å²) in [6.07, 6.45) is 1.25. The Balaban J connectivity index is 2.11. The van der Waals surface area contributed by atoms with E-state index in [1.807, 2.05) is 0 Å². The molecule has 0 saturated carbocycles. The summed E-state index contributed by atoms with van der Waals surface area (Å²) in [7, 11) is 1.52. The van der Waals surface area contributed by atoms with Gasteiger partial charge in [0.2, 0.25) is 5.91 Å². The zero-order valence-electron chi connectivity index (χ0n) is 11.6. The van der Waals surface area contributed by atoms with Crippen LogP contribution in [0.1, 0.15) is 19.8 Å². The van der Waals surface area contributed by atoms with E-state index in [9.17, 15) is 9.59 Å². The maximum atomic E-state index is 11.9. The molecule has 2 rings (SSSR count). The van der Waals surface area contributed by atoms with Crippen molar-refractivity contribution in [1.82, 2.24) is 0 Å². The van der Waals surface area contributed by atoms with E-state index < -0.39 is 0 Å². The summed E-state index contributed by atoms with van der Waals surface area (Å²) in [6.45, 7) is 2.04. The van der Waals surface area contributed by atoms with Crippen LogP contribution in [-0.4, -0.2) is 31.6 Å². The second-order valence-electron chi connectivity index (χ2n) is 4.59. The zero-order valence-corrected chi connectivity index (χ0v) is 11.6. The molecule has 0 spiro atoms. The Hall–Kier alpha value is -2.08. The van der Waals surface area contributed by atoms with E-state index in [1.165, 1.54) is 14.0 Å². The molecule has 1 heterocycles. The first kappa shape index (κ1) is 14.3. The molecule has 1 fully saturated rings. The van der Waals surface area contributed by atoms with E-state index in [4.69, 9.17) is 9.47 Å². The van der Waals surface area contributed by atoms with Gasteiger partial charge in [-0.05, 0) is 31.0 Å². The van der Waals surface area contributed by atoms with Crippen molar-refractivity contribution in [2.45, 2.75) is 25.9 Å². The fourth-order valence-electron chi connectivity index (χ4n) is 2.08. The lowest BCUT2D eigenvalue weighted by molar-refractivity contribution is -0.124. The number of carbonyl (C=O) groups is 2. The minimum absolute atomic E-state index is 0.165. The number of hydrogen-bond acceptors (Lipinski definition) is 4. The van der Waals surface area contributed by atoms with Crippen molar-refractivity contribution in [2.75, 3.05) is 24.4 Å². The molecule has 0 unspecified atom stereocenters. The first-order valence-electron chi connectivity index (χ1n) is 6.48.